The van der Waals surface area contributed by atoms with Crippen molar-refractivity contribution in [3.8, 4) is 11.5 Å². The molecule has 26 heavy (non-hydrogen) atoms. The zero-order valence-electron chi connectivity index (χ0n) is 14.1. The predicted octanol–water partition coefficient (Wildman–Crippen LogP) is -1.00. The molecule has 0 radical (unpaired) electrons. The molecule has 1 aromatic carbocycles. The molecule has 142 valence electrons. The summed E-state index contributed by atoms with van der Waals surface area (Å²) in [5.74, 6) is 0.862. The van der Waals surface area contributed by atoms with E-state index in [-0.39, 0.29) is 13.3 Å². The lowest BCUT2D eigenvalue weighted by molar-refractivity contribution is -0.288. The van der Waals surface area contributed by atoms with Crippen LogP contribution in [0.5, 0.6) is 11.5 Å². The summed E-state index contributed by atoms with van der Waals surface area (Å²) in [5.41, 5.74) is 0.761. The third-order valence-corrected chi connectivity index (χ3v) is 4.20. The van der Waals surface area contributed by atoms with Crippen LogP contribution in [0.1, 0.15) is 5.56 Å². The van der Waals surface area contributed by atoms with Crippen molar-refractivity contribution in [2.45, 2.75) is 30.7 Å². The van der Waals surface area contributed by atoms with Gasteiger partial charge in [0.25, 0.3) is 0 Å². The van der Waals surface area contributed by atoms with E-state index >= 15 is 0 Å². The molecular formula is C17H21NO8. The van der Waals surface area contributed by atoms with Gasteiger partial charge in [0.2, 0.25) is 12.7 Å². The van der Waals surface area contributed by atoms with Crippen molar-refractivity contribution in [1.29, 1.82) is 0 Å². The van der Waals surface area contributed by atoms with E-state index in [9.17, 15) is 20.1 Å². The number of hydrogen-bond donors (Lipinski definition) is 4. The highest BCUT2D eigenvalue weighted by atomic mass is 16.7. The van der Waals surface area contributed by atoms with Crippen LogP contribution in [0.3, 0.4) is 0 Å². The van der Waals surface area contributed by atoms with E-state index in [1.165, 1.54) is 13.2 Å². The molecule has 9 heteroatoms. The first-order chi connectivity index (χ1) is 12.5. The molecule has 0 aliphatic carbocycles. The van der Waals surface area contributed by atoms with Gasteiger partial charge < -0.3 is 39.6 Å². The fourth-order valence-electron chi connectivity index (χ4n) is 2.73. The van der Waals surface area contributed by atoms with Crippen molar-refractivity contribution in [2.24, 2.45) is 0 Å². The van der Waals surface area contributed by atoms with Gasteiger partial charge in [-0.15, -0.1) is 0 Å². The molecule has 0 spiro atoms. The van der Waals surface area contributed by atoms with E-state index in [4.69, 9.17) is 18.9 Å². The standard InChI is InChI=1S/C17H21NO8/c1-23-17-16(22)15(21)14(20)12(26-17)7-18-13(19)5-3-9-2-4-10-11(6-9)25-8-24-10/h2-6,12,14-17,20-22H,7-8H2,1H3,(H,18,19)/b5-3+/t12-,14?,15-,16+,17?/m1/s1. The zero-order valence-corrected chi connectivity index (χ0v) is 14.1. The number of amides is 1. The number of aliphatic hydroxyl groups is 3. The smallest absolute Gasteiger partial charge is 0.244 e. The number of fused-ring (bicyclic) bond motifs is 1. The largest absolute Gasteiger partial charge is 0.454 e. The Hall–Kier alpha value is -2.17. The van der Waals surface area contributed by atoms with Gasteiger partial charge in [-0.05, 0) is 23.8 Å². The number of nitrogens with one attached hydrogen (secondary N) is 1. The van der Waals surface area contributed by atoms with Gasteiger partial charge in [0.1, 0.15) is 24.4 Å². The van der Waals surface area contributed by atoms with Gasteiger partial charge in [-0.1, -0.05) is 6.07 Å². The van der Waals surface area contributed by atoms with E-state index in [2.05, 4.69) is 5.32 Å². The molecule has 2 aliphatic heterocycles. The van der Waals surface area contributed by atoms with Crippen molar-refractivity contribution < 1.29 is 39.1 Å². The normalized spacial score (nSPS) is 30.5. The van der Waals surface area contributed by atoms with Crippen molar-refractivity contribution >= 4 is 12.0 Å². The Bertz CT molecular complexity index is 677. The number of benzene rings is 1. The number of hydrogen-bond acceptors (Lipinski definition) is 8. The Labute approximate surface area is 149 Å². The fraction of sp³-hybridized carbons (Fsp3) is 0.471. The maximum atomic E-state index is 12.0. The van der Waals surface area contributed by atoms with Crippen LogP contribution < -0.4 is 14.8 Å². The minimum absolute atomic E-state index is 0.0604. The van der Waals surface area contributed by atoms with Crippen LogP contribution in [0.2, 0.25) is 0 Å². The maximum Gasteiger partial charge on any atom is 0.244 e. The molecule has 1 fully saturated rings. The summed E-state index contributed by atoms with van der Waals surface area (Å²) >= 11 is 0. The average molecular weight is 367 g/mol. The number of ether oxygens (including phenoxy) is 4. The molecule has 1 amide bonds. The molecule has 3 rings (SSSR count). The minimum atomic E-state index is -1.43. The molecule has 9 nitrogen and oxygen atoms in total. The summed E-state index contributed by atoms with van der Waals surface area (Å²) in [6, 6.07) is 5.29. The van der Waals surface area contributed by atoms with Crippen molar-refractivity contribution in [1.82, 2.24) is 5.32 Å². The molecule has 0 aromatic heterocycles. The quantitative estimate of drug-likeness (QED) is 0.488. The third-order valence-electron chi connectivity index (χ3n) is 4.20. The first kappa shape index (κ1) is 18.6. The molecule has 2 unspecified atom stereocenters. The van der Waals surface area contributed by atoms with Crippen LogP contribution in [0.4, 0.5) is 0 Å². The summed E-state index contributed by atoms with van der Waals surface area (Å²) in [7, 11) is 1.31. The van der Waals surface area contributed by atoms with Gasteiger partial charge in [0.05, 0.1) is 0 Å². The monoisotopic (exact) mass is 367 g/mol. The predicted molar refractivity (Wildman–Crippen MR) is 88.3 cm³/mol. The van der Waals surface area contributed by atoms with E-state index in [0.29, 0.717) is 11.5 Å². The second kappa shape index (κ2) is 8.02. The zero-order chi connectivity index (χ0) is 18.7. The van der Waals surface area contributed by atoms with Gasteiger partial charge in [-0.3, -0.25) is 4.79 Å². The van der Waals surface area contributed by atoms with Gasteiger partial charge in [0.15, 0.2) is 17.8 Å². The van der Waals surface area contributed by atoms with Crippen LogP contribution in [0.15, 0.2) is 24.3 Å². The first-order valence-corrected chi connectivity index (χ1v) is 8.07. The highest BCUT2D eigenvalue weighted by molar-refractivity contribution is 5.91. The maximum absolute atomic E-state index is 12.0. The van der Waals surface area contributed by atoms with Gasteiger partial charge in [0, 0.05) is 19.7 Å². The highest BCUT2D eigenvalue weighted by Gasteiger charge is 2.43. The van der Waals surface area contributed by atoms with Crippen LogP contribution in [0, 0.1) is 0 Å². The number of carbonyl (C=O) groups is 1. The molecule has 2 heterocycles. The number of aliphatic hydroxyl groups excluding tert-OH is 3. The van der Waals surface area contributed by atoms with Crippen LogP contribution in [-0.2, 0) is 14.3 Å². The Kier molecular flexibility index (Phi) is 5.74. The molecule has 0 saturated carbocycles. The molecule has 0 bridgehead atoms. The van der Waals surface area contributed by atoms with Crippen LogP contribution >= 0.6 is 0 Å². The van der Waals surface area contributed by atoms with Gasteiger partial charge >= 0.3 is 0 Å². The average Bonchev–Trinajstić information content (AvgIpc) is 3.11. The second-order valence-electron chi connectivity index (χ2n) is 5.94. The van der Waals surface area contributed by atoms with E-state index in [0.717, 1.165) is 5.56 Å². The van der Waals surface area contributed by atoms with Crippen molar-refractivity contribution in [3.63, 3.8) is 0 Å². The summed E-state index contributed by atoms with van der Waals surface area (Å²) < 4.78 is 20.7. The summed E-state index contributed by atoms with van der Waals surface area (Å²) in [5, 5.41) is 32.0. The Morgan fingerprint density at radius 1 is 1.23 bits per heavy atom. The van der Waals surface area contributed by atoms with E-state index < -0.39 is 36.6 Å². The Balaban J connectivity index is 1.53. The van der Waals surface area contributed by atoms with Crippen molar-refractivity contribution in [3.05, 3.63) is 29.8 Å². The fourth-order valence-corrected chi connectivity index (χ4v) is 2.73. The lowest BCUT2D eigenvalue weighted by Crippen LogP contribution is -2.60. The topological polar surface area (TPSA) is 127 Å². The number of methoxy groups -OCH3 is 1. The lowest BCUT2D eigenvalue weighted by atomic mass is 9.99. The van der Waals surface area contributed by atoms with E-state index in [1.807, 2.05) is 0 Å². The summed E-state index contributed by atoms with van der Waals surface area (Å²) in [6.45, 7) is 0.116. The Morgan fingerprint density at radius 2 is 2.00 bits per heavy atom. The number of carbonyl (C=O) groups excluding carboxylic acids is 1. The van der Waals surface area contributed by atoms with Crippen molar-refractivity contribution in [2.75, 3.05) is 20.4 Å². The number of rotatable bonds is 5. The Morgan fingerprint density at radius 3 is 2.77 bits per heavy atom. The SMILES string of the molecule is COC1O[C@H](CNC(=O)/C=C/c2ccc3c(c2)OCO3)C(O)[C@@H](O)[C@@H]1O. The molecular weight excluding hydrogens is 346 g/mol. The molecule has 1 saturated heterocycles. The molecule has 2 aliphatic rings. The van der Waals surface area contributed by atoms with Crippen LogP contribution in [-0.4, -0.2) is 72.4 Å². The second-order valence-corrected chi connectivity index (χ2v) is 5.94. The van der Waals surface area contributed by atoms with Crippen LogP contribution in [0.25, 0.3) is 6.08 Å². The summed E-state index contributed by atoms with van der Waals surface area (Å²) in [4.78, 5) is 12.0. The molecule has 1 aromatic rings. The van der Waals surface area contributed by atoms with Gasteiger partial charge in [-0.2, -0.15) is 0 Å². The first-order valence-electron chi connectivity index (χ1n) is 8.07. The third kappa shape index (κ3) is 3.97. The lowest BCUT2D eigenvalue weighted by Gasteiger charge is -2.39. The molecule has 5 atom stereocenters. The highest BCUT2D eigenvalue weighted by Crippen LogP contribution is 2.32. The molecule has 4 N–H and O–H groups in total. The van der Waals surface area contributed by atoms with E-state index in [1.54, 1.807) is 24.3 Å². The minimum Gasteiger partial charge on any atom is -0.454 e. The summed E-state index contributed by atoms with van der Waals surface area (Å²) in [6.07, 6.45) is -3.22. The van der Waals surface area contributed by atoms with Gasteiger partial charge in [-0.25, -0.2) is 0 Å².